The van der Waals surface area contributed by atoms with Crippen LogP contribution in [-0.4, -0.2) is 11.6 Å². The minimum Gasteiger partial charge on any atom is -0.456 e. The lowest BCUT2D eigenvalue weighted by Crippen LogP contribution is -2.43. The molecule has 0 N–H and O–H groups in total. The minimum atomic E-state index is -0.461. The van der Waals surface area contributed by atoms with Crippen LogP contribution < -0.4 is 0 Å². The Morgan fingerprint density at radius 2 is 1.67 bits per heavy atom. The van der Waals surface area contributed by atoms with Gasteiger partial charge in [0.1, 0.15) is 5.60 Å². The average molecular weight is 212 g/mol. The van der Waals surface area contributed by atoms with Crippen LogP contribution in [0.3, 0.4) is 0 Å². The molecular weight excluding hydrogens is 188 g/mol. The maximum atomic E-state index is 11.6. The third kappa shape index (κ3) is 3.37. The molecule has 0 radical (unpaired) electrons. The van der Waals surface area contributed by atoms with E-state index in [-0.39, 0.29) is 11.4 Å². The van der Waals surface area contributed by atoms with E-state index in [1.165, 1.54) is 0 Å². The molecule has 0 aliphatic heterocycles. The molecule has 0 amide bonds. The van der Waals surface area contributed by atoms with Crippen molar-refractivity contribution in [1.29, 1.82) is 0 Å². The fourth-order valence-corrected chi connectivity index (χ4v) is 1.01. The Morgan fingerprint density at radius 3 is 2.00 bits per heavy atom. The highest BCUT2D eigenvalue weighted by molar-refractivity contribution is 5.87. The number of carbonyl (C=O) groups is 1. The van der Waals surface area contributed by atoms with Gasteiger partial charge in [0.2, 0.25) is 0 Å². The van der Waals surface area contributed by atoms with Crippen LogP contribution in [0.4, 0.5) is 0 Å². The second-order valence-corrected chi connectivity index (χ2v) is 5.09. The van der Waals surface area contributed by atoms with E-state index in [9.17, 15) is 4.79 Å². The van der Waals surface area contributed by atoms with Crippen LogP contribution in [0.25, 0.3) is 0 Å². The SMILES string of the molecule is C=C(CC)C(=O)OC(C)(C)C(C)(C)CC. The van der Waals surface area contributed by atoms with Crippen LogP contribution in [0.1, 0.15) is 54.4 Å². The quantitative estimate of drug-likeness (QED) is 0.513. The normalized spacial score (nSPS) is 12.4. The maximum absolute atomic E-state index is 11.6. The van der Waals surface area contributed by atoms with Crippen molar-refractivity contribution in [3.8, 4) is 0 Å². The number of ether oxygens (including phenoxy) is 1. The molecule has 0 aliphatic rings. The Labute approximate surface area is 93.7 Å². The first-order valence-corrected chi connectivity index (χ1v) is 5.59. The highest BCUT2D eigenvalue weighted by Gasteiger charge is 2.39. The zero-order chi connectivity index (χ0) is 12.3. The largest absolute Gasteiger partial charge is 0.456 e. The molecule has 0 aromatic heterocycles. The lowest BCUT2D eigenvalue weighted by atomic mass is 9.75. The summed E-state index contributed by atoms with van der Waals surface area (Å²) in [5.74, 6) is -0.274. The Balaban J connectivity index is 4.65. The van der Waals surface area contributed by atoms with Crippen LogP contribution in [0.15, 0.2) is 12.2 Å². The molecule has 0 aliphatic carbocycles. The standard InChI is InChI=1S/C13H24O2/c1-8-10(3)11(14)15-13(6,7)12(4,5)9-2/h3,8-9H2,1-2,4-7H3. The zero-order valence-electron chi connectivity index (χ0n) is 10.9. The summed E-state index contributed by atoms with van der Waals surface area (Å²) in [6.07, 6.45) is 1.60. The summed E-state index contributed by atoms with van der Waals surface area (Å²) in [5.41, 5.74) is 0.0446. The molecule has 0 unspecified atom stereocenters. The van der Waals surface area contributed by atoms with Crippen molar-refractivity contribution in [2.24, 2.45) is 5.41 Å². The molecule has 0 spiro atoms. The Hall–Kier alpha value is -0.790. The molecule has 0 atom stereocenters. The van der Waals surface area contributed by atoms with Crippen LogP contribution in [0, 0.1) is 5.41 Å². The predicted octanol–water partition coefficient (Wildman–Crippen LogP) is 3.71. The number of hydrogen-bond acceptors (Lipinski definition) is 2. The summed E-state index contributed by atoms with van der Waals surface area (Å²) in [6.45, 7) is 15.8. The monoisotopic (exact) mass is 212 g/mol. The zero-order valence-corrected chi connectivity index (χ0v) is 10.9. The van der Waals surface area contributed by atoms with E-state index in [0.29, 0.717) is 12.0 Å². The van der Waals surface area contributed by atoms with E-state index in [2.05, 4.69) is 27.4 Å². The van der Waals surface area contributed by atoms with Gasteiger partial charge in [0.15, 0.2) is 0 Å². The van der Waals surface area contributed by atoms with Gasteiger partial charge < -0.3 is 4.74 Å². The number of esters is 1. The minimum absolute atomic E-state index is 0.0311. The maximum Gasteiger partial charge on any atom is 0.333 e. The molecule has 0 aromatic rings. The number of carbonyl (C=O) groups excluding carboxylic acids is 1. The molecule has 0 saturated heterocycles. The molecule has 15 heavy (non-hydrogen) atoms. The summed E-state index contributed by atoms with van der Waals surface area (Å²) in [7, 11) is 0. The summed E-state index contributed by atoms with van der Waals surface area (Å²) in [6, 6.07) is 0. The van der Waals surface area contributed by atoms with Gasteiger partial charge in [0.25, 0.3) is 0 Å². The molecule has 2 nitrogen and oxygen atoms in total. The first-order valence-electron chi connectivity index (χ1n) is 5.59. The van der Waals surface area contributed by atoms with E-state index >= 15 is 0 Å². The fourth-order valence-electron chi connectivity index (χ4n) is 1.01. The molecule has 0 heterocycles. The average Bonchev–Trinajstić information content (AvgIpc) is 2.15. The van der Waals surface area contributed by atoms with Gasteiger partial charge in [-0.25, -0.2) is 4.79 Å². The number of hydrogen-bond donors (Lipinski definition) is 0. The third-order valence-corrected chi connectivity index (χ3v) is 3.58. The molecule has 0 fully saturated rings. The van der Waals surface area contributed by atoms with Gasteiger partial charge in [-0.2, -0.15) is 0 Å². The molecule has 88 valence electrons. The van der Waals surface area contributed by atoms with Gasteiger partial charge in [-0.05, 0) is 26.7 Å². The third-order valence-electron chi connectivity index (χ3n) is 3.58. The van der Waals surface area contributed by atoms with Crippen molar-refractivity contribution in [1.82, 2.24) is 0 Å². The van der Waals surface area contributed by atoms with Crippen LogP contribution in [0.2, 0.25) is 0 Å². The highest BCUT2D eigenvalue weighted by Crippen LogP contribution is 2.37. The van der Waals surface area contributed by atoms with Crippen molar-refractivity contribution in [3.05, 3.63) is 12.2 Å². The van der Waals surface area contributed by atoms with E-state index in [1.807, 2.05) is 20.8 Å². The van der Waals surface area contributed by atoms with Gasteiger partial charge in [-0.1, -0.05) is 34.3 Å². The summed E-state index contributed by atoms with van der Waals surface area (Å²) in [5, 5.41) is 0. The van der Waals surface area contributed by atoms with Crippen molar-refractivity contribution < 1.29 is 9.53 Å². The predicted molar refractivity (Wildman–Crippen MR) is 63.7 cm³/mol. The second-order valence-electron chi connectivity index (χ2n) is 5.09. The van der Waals surface area contributed by atoms with Crippen LogP contribution in [0.5, 0.6) is 0 Å². The van der Waals surface area contributed by atoms with Crippen LogP contribution >= 0.6 is 0 Å². The molecule has 0 rings (SSSR count). The van der Waals surface area contributed by atoms with Crippen molar-refractivity contribution in [3.63, 3.8) is 0 Å². The van der Waals surface area contributed by atoms with E-state index in [1.54, 1.807) is 0 Å². The molecular formula is C13H24O2. The molecule has 0 aromatic carbocycles. The topological polar surface area (TPSA) is 26.3 Å². The number of rotatable bonds is 5. The van der Waals surface area contributed by atoms with E-state index in [4.69, 9.17) is 4.74 Å². The second kappa shape index (κ2) is 4.82. The van der Waals surface area contributed by atoms with Crippen molar-refractivity contribution in [2.75, 3.05) is 0 Å². The van der Waals surface area contributed by atoms with Gasteiger partial charge in [-0.3, -0.25) is 0 Å². The molecule has 2 heteroatoms. The van der Waals surface area contributed by atoms with Crippen LogP contribution in [-0.2, 0) is 9.53 Å². The van der Waals surface area contributed by atoms with Gasteiger partial charge in [-0.15, -0.1) is 0 Å². The van der Waals surface area contributed by atoms with Gasteiger partial charge >= 0.3 is 5.97 Å². The van der Waals surface area contributed by atoms with Crippen molar-refractivity contribution >= 4 is 5.97 Å². The van der Waals surface area contributed by atoms with Gasteiger partial charge in [0, 0.05) is 11.0 Å². The summed E-state index contributed by atoms with van der Waals surface area (Å²) < 4.78 is 5.51. The highest BCUT2D eigenvalue weighted by atomic mass is 16.6. The lowest BCUT2D eigenvalue weighted by Gasteiger charge is -2.40. The Morgan fingerprint density at radius 1 is 1.20 bits per heavy atom. The van der Waals surface area contributed by atoms with E-state index < -0.39 is 5.60 Å². The molecule has 0 saturated carbocycles. The van der Waals surface area contributed by atoms with Crippen molar-refractivity contribution in [2.45, 2.75) is 60.0 Å². The smallest absolute Gasteiger partial charge is 0.333 e. The summed E-state index contributed by atoms with van der Waals surface area (Å²) in [4.78, 5) is 11.6. The summed E-state index contributed by atoms with van der Waals surface area (Å²) >= 11 is 0. The fraction of sp³-hybridized carbons (Fsp3) is 0.769. The first-order chi connectivity index (χ1) is 6.68. The van der Waals surface area contributed by atoms with E-state index in [0.717, 1.165) is 6.42 Å². The molecule has 0 bridgehead atoms. The first kappa shape index (κ1) is 14.2. The Kier molecular flexibility index (Phi) is 4.57. The van der Waals surface area contributed by atoms with Gasteiger partial charge in [0.05, 0.1) is 0 Å². The Bertz CT molecular complexity index is 249. The lowest BCUT2D eigenvalue weighted by molar-refractivity contribution is -0.163.